The number of rotatable bonds is 7. The SMILES string of the molecule is Cc1ccc(C[NH2+]Cc2ccccc2OCc2ccccc2Cl)cc1. The lowest BCUT2D eigenvalue weighted by molar-refractivity contribution is -0.686. The topological polar surface area (TPSA) is 25.8 Å². The summed E-state index contributed by atoms with van der Waals surface area (Å²) in [5.41, 5.74) is 4.83. The monoisotopic (exact) mass is 352 g/mol. The van der Waals surface area contributed by atoms with Crippen LogP contribution in [0, 0.1) is 6.92 Å². The summed E-state index contributed by atoms with van der Waals surface area (Å²) >= 11 is 6.21. The zero-order valence-electron chi connectivity index (χ0n) is 14.4. The largest absolute Gasteiger partial charge is 0.488 e. The van der Waals surface area contributed by atoms with E-state index in [0.717, 1.165) is 29.4 Å². The average Bonchev–Trinajstić information content (AvgIpc) is 2.64. The first-order valence-electron chi connectivity index (χ1n) is 8.54. The Morgan fingerprint density at radius 3 is 2.24 bits per heavy atom. The zero-order chi connectivity index (χ0) is 17.5. The van der Waals surface area contributed by atoms with Gasteiger partial charge >= 0.3 is 0 Å². The van der Waals surface area contributed by atoms with Gasteiger partial charge in [-0.05, 0) is 25.1 Å². The molecule has 0 aliphatic carbocycles. The van der Waals surface area contributed by atoms with Crippen molar-refractivity contribution in [1.82, 2.24) is 0 Å². The Morgan fingerprint density at radius 2 is 1.48 bits per heavy atom. The predicted octanol–water partition coefficient (Wildman–Crippen LogP) is 4.49. The molecule has 0 heterocycles. The minimum atomic E-state index is 0.481. The van der Waals surface area contributed by atoms with Crippen molar-refractivity contribution in [2.24, 2.45) is 0 Å². The lowest BCUT2D eigenvalue weighted by Gasteiger charge is -2.12. The van der Waals surface area contributed by atoms with E-state index in [1.54, 1.807) is 0 Å². The Morgan fingerprint density at radius 1 is 0.800 bits per heavy atom. The molecule has 0 bridgehead atoms. The van der Waals surface area contributed by atoms with Crippen LogP contribution in [-0.4, -0.2) is 0 Å². The fourth-order valence-corrected chi connectivity index (χ4v) is 2.89. The van der Waals surface area contributed by atoms with E-state index in [0.29, 0.717) is 6.61 Å². The van der Waals surface area contributed by atoms with E-state index >= 15 is 0 Å². The van der Waals surface area contributed by atoms with E-state index in [1.165, 1.54) is 16.7 Å². The molecule has 3 aromatic carbocycles. The molecule has 0 spiro atoms. The Hall–Kier alpha value is -2.29. The summed E-state index contributed by atoms with van der Waals surface area (Å²) in [6, 6.07) is 24.7. The third-order valence-corrected chi connectivity index (χ3v) is 4.55. The summed E-state index contributed by atoms with van der Waals surface area (Å²) in [6.07, 6.45) is 0. The minimum Gasteiger partial charge on any atom is -0.488 e. The Balaban J connectivity index is 1.59. The van der Waals surface area contributed by atoms with Crippen LogP contribution in [0.4, 0.5) is 0 Å². The second-order valence-corrected chi connectivity index (χ2v) is 6.58. The summed E-state index contributed by atoms with van der Waals surface area (Å²) in [6.45, 7) is 4.43. The number of ether oxygens (including phenoxy) is 1. The summed E-state index contributed by atoms with van der Waals surface area (Å²) in [7, 11) is 0. The summed E-state index contributed by atoms with van der Waals surface area (Å²) < 4.78 is 6.02. The number of nitrogens with two attached hydrogens (primary N) is 1. The number of aryl methyl sites for hydroxylation is 1. The maximum Gasteiger partial charge on any atom is 0.128 e. The molecule has 0 fully saturated rings. The number of quaternary nitrogens is 1. The minimum absolute atomic E-state index is 0.481. The Labute approximate surface area is 154 Å². The molecule has 0 aliphatic rings. The lowest BCUT2D eigenvalue weighted by Crippen LogP contribution is -2.80. The van der Waals surface area contributed by atoms with E-state index in [-0.39, 0.29) is 0 Å². The van der Waals surface area contributed by atoms with E-state index in [9.17, 15) is 0 Å². The lowest BCUT2D eigenvalue weighted by atomic mass is 10.1. The van der Waals surface area contributed by atoms with Crippen LogP contribution in [0.25, 0.3) is 0 Å². The number of halogens is 1. The molecule has 0 aliphatic heterocycles. The Kier molecular flexibility index (Phi) is 6.10. The second kappa shape index (κ2) is 8.70. The van der Waals surface area contributed by atoms with Crippen LogP contribution < -0.4 is 10.1 Å². The van der Waals surface area contributed by atoms with Crippen molar-refractivity contribution in [1.29, 1.82) is 0 Å². The molecule has 0 radical (unpaired) electrons. The van der Waals surface area contributed by atoms with Crippen molar-refractivity contribution in [2.45, 2.75) is 26.6 Å². The fraction of sp³-hybridized carbons (Fsp3) is 0.182. The van der Waals surface area contributed by atoms with E-state index in [4.69, 9.17) is 16.3 Å². The number of hydrogen-bond donors (Lipinski definition) is 1. The van der Waals surface area contributed by atoms with Gasteiger partial charge in [0.15, 0.2) is 0 Å². The van der Waals surface area contributed by atoms with Crippen LogP contribution in [0.5, 0.6) is 5.75 Å². The summed E-state index contributed by atoms with van der Waals surface area (Å²) in [4.78, 5) is 0. The Bertz CT molecular complexity index is 814. The van der Waals surface area contributed by atoms with Crippen molar-refractivity contribution in [3.8, 4) is 5.75 Å². The normalized spacial score (nSPS) is 10.6. The summed E-state index contributed by atoms with van der Waals surface area (Å²) in [5, 5.41) is 3.04. The molecule has 2 nitrogen and oxygen atoms in total. The number of hydrogen-bond acceptors (Lipinski definition) is 1. The molecule has 3 heteroatoms. The van der Waals surface area contributed by atoms with Gasteiger partial charge in [-0.25, -0.2) is 0 Å². The maximum atomic E-state index is 6.21. The first kappa shape index (κ1) is 17.5. The van der Waals surface area contributed by atoms with Gasteiger partial charge in [-0.3, -0.25) is 0 Å². The molecule has 128 valence electrons. The van der Waals surface area contributed by atoms with Crippen molar-refractivity contribution >= 4 is 11.6 Å². The van der Waals surface area contributed by atoms with Crippen molar-refractivity contribution in [2.75, 3.05) is 0 Å². The van der Waals surface area contributed by atoms with Gasteiger partial charge in [0.05, 0.1) is 0 Å². The average molecular weight is 353 g/mol. The van der Waals surface area contributed by atoms with Gasteiger partial charge in [0.1, 0.15) is 25.4 Å². The van der Waals surface area contributed by atoms with Gasteiger partial charge in [-0.2, -0.15) is 0 Å². The number of para-hydroxylation sites is 1. The molecule has 0 unspecified atom stereocenters. The zero-order valence-corrected chi connectivity index (χ0v) is 15.2. The molecule has 0 atom stereocenters. The maximum absolute atomic E-state index is 6.21. The van der Waals surface area contributed by atoms with Gasteiger partial charge < -0.3 is 10.1 Å². The number of benzene rings is 3. The van der Waals surface area contributed by atoms with Crippen LogP contribution in [-0.2, 0) is 19.7 Å². The van der Waals surface area contributed by atoms with Gasteiger partial charge in [0.25, 0.3) is 0 Å². The van der Waals surface area contributed by atoms with Crippen molar-refractivity contribution < 1.29 is 10.1 Å². The van der Waals surface area contributed by atoms with Gasteiger partial charge in [0, 0.05) is 21.7 Å². The smallest absolute Gasteiger partial charge is 0.128 e. The van der Waals surface area contributed by atoms with Gasteiger partial charge in [-0.1, -0.05) is 71.8 Å². The second-order valence-electron chi connectivity index (χ2n) is 6.17. The van der Waals surface area contributed by atoms with Crippen molar-refractivity contribution in [3.63, 3.8) is 0 Å². The third kappa shape index (κ3) is 5.09. The van der Waals surface area contributed by atoms with Crippen LogP contribution in [0.2, 0.25) is 5.02 Å². The molecule has 3 rings (SSSR count). The highest BCUT2D eigenvalue weighted by atomic mass is 35.5. The molecule has 0 saturated carbocycles. The van der Waals surface area contributed by atoms with E-state index < -0.39 is 0 Å². The van der Waals surface area contributed by atoms with Gasteiger partial charge in [-0.15, -0.1) is 0 Å². The standard InChI is InChI=1S/C22H22ClNO/c1-17-10-12-18(13-11-17)14-24-15-19-6-3-5-9-22(19)25-16-20-7-2-4-8-21(20)23/h2-13,24H,14-16H2,1H3/p+1. The highest BCUT2D eigenvalue weighted by Crippen LogP contribution is 2.21. The first-order valence-corrected chi connectivity index (χ1v) is 8.91. The highest BCUT2D eigenvalue weighted by molar-refractivity contribution is 6.31. The molecule has 25 heavy (non-hydrogen) atoms. The van der Waals surface area contributed by atoms with E-state index in [2.05, 4.69) is 48.6 Å². The third-order valence-electron chi connectivity index (χ3n) is 4.18. The first-order chi connectivity index (χ1) is 12.2. The molecular formula is C22H23ClNO+. The van der Waals surface area contributed by atoms with Crippen LogP contribution in [0.3, 0.4) is 0 Å². The molecular weight excluding hydrogens is 330 g/mol. The molecule has 3 aromatic rings. The summed E-state index contributed by atoms with van der Waals surface area (Å²) in [5.74, 6) is 0.919. The molecule has 2 N–H and O–H groups in total. The van der Waals surface area contributed by atoms with Crippen LogP contribution in [0.1, 0.15) is 22.3 Å². The highest BCUT2D eigenvalue weighted by Gasteiger charge is 2.07. The molecule has 0 aromatic heterocycles. The van der Waals surface area contributed by atoms with Crippen molar-refractivity contribution in [3.05, 3.63) is 100 Å². The van der Waals surface area contributed by atoms with E-state index in [1.807, 2.05) is 36.4 Å². The fourth-order valence-electron chi connectivity index (χ4n) is 2.70. The predicted molar refractivity (Wildman–Crippen MR) is 103 cm³/mol. The van der Waals surface area contributed by atoms with Crippen LogP contribution in [0.15, 0.2) is 72.8 Å². The van der Waals surface area contributed by atoms with Gasteiger partial charge in [0.2, 0.25) is 0 Å². The quantitative estimate of drug-likeness (QED) is 0.666. The van der Waals surface area contributed by atoms with Crippen LogP contribution >= 0.6 is 11.6 Å². The molecule has 0 amide bonds. The molecule has 0 saturated heterocycles.